The maximum absolute atomic E-state index is 11.7. The molecule has 0 aliphatic rings. The molecule has 0 bridgehead atoms. The van der Waals surface area contributed by atoms with E-state index in [4.69, 9.17) is 4.42 Å². The number of thiazole rings is 1. The van der Waals surface area contributed by atoms with Crippen molar-refractivity contribution in [3.63, 3.8) is 0 Å². The van der Waals surface area contributed by atoms with Crippen molar-refractivity contribution >= 4 is 23.2 Å². The predicted molar refractivity (Wildman–Crippen MR) is 65.4 cm³/mol. The molecule has 7 heteroatoms. The van der Waals surface area contributed by atoms with Crippen LogP contribution in [-0.2, 0) is 6.54 Å². The van der Waals surface area contributed by atoms with Gasteiger partial charge in [-0.05, 0) is 12.1 Å². The number of rotatable bonds is 4. The lowest BCUT2D eigenvalue weighted by Gasteiger charge is -1.99. The summed E-state index contributed by atoms with van der Waals surface area (Å²) in [4.78, 5) is 27.0. The normalized spacial score (nSPS) is 10.1. The summed E-state index contributed by atoms with van der Waals surface area (Å²) in [5.41, 5.74) is 0.227. The van der Waals surface area contributed by atoms with Gasteiger partial charge < -0.3 is 15.1 Å². The number of furan rings is 1. The van der Waals surface area contributed by atoms with Gasteiger partial charge in [-0.25, -0.2) is 4.98 Å². The first kappa shape index (κ1) is 12.3. The number of hydrogen-bond acceptors (Lipinski definition) is 5. The average Bonchev–Trinajstić information content (AvgIpc) is 3.05. The average molecular weight is 265 g/mol. The van der Waals surface area contributed by atoms with Crippen LogP contribution >= 0.6 is 11.3 Å². The van der Waals surface area contributed by atoms with Gasteiger partial charge in [-0.3, -0.25) is 9.59 Å². The van der Waals surface area contributed by atoms with E-state index in [0.717, 1.165) is 11.3 Å². The van der Waals surface area contributed by atoms with Gasteiger partial charge in [0.1, 0.15) is 11.5 Å². The van der Waals surface area contributed by atoms with E-state index in [1.54, 1.807) is 17.5 Å². The zero-order valence-corrected chi connectivity index (χ0v) is 10.4. The van der Waals surface area contributed by atoms with Gasteiger partial charge in [0, 0.05) is 12.4 Å². The number of hydrogen-bond donors (Lipinski definition) is 2. The second kappa shape index (κ2) is 5.46. The Labute approximate surface area is 107 Å². The SMILES string of the molecule is CNC(=O)c1nc(C(=O)NCc2ccco2)cs1. The quantitative estimate of drug-likeness (QED) is 0.864. The van der Waals surface area contributed by atoms with Crippen LogP contribution in [0.1, 0.15) is 26.1 Å². The topological polar surface area (TPSA) is 84.2 Å². The molecule has 0 spiro atoms. The number of amides is 2. The van der Waals surface area contributed by atoms with Crippen LogP contribution < -0.4 is 10.6 Å². The lowest BCUT2D eigenvalue weighted by atomic mass is 10.4. The highest BCUT2D eigenvalue weighted by molar-refractivity contribution is 7.11. The molecule has 2 amide bonds. The Kier molecular flexibility index (Phi) is 3.73. The summed E-state index contributed by atoms with van der Waals surface area (Å²) in [6.07, 6.45) is 1.54. The van der Waals surface area contributed by atoms with Gasteiger partial charge in [-0.15, -0.1) is 11.3 Å². The molecule has 0 saturated carbocycles. The first-order chi connectivity index (χ1) is 8.70. The van der Waals surface area contributed by atoms with Crippen molar-refractivity contribution in [3.8, 4) is 0 Å². The number of nitrogens with zero attached hydrogens (tertiary/aromatic N) is 1. The van der Waals surface area contributed by atoms with Crippen LogP contribution in [0.3, 0.4) is 0 Å². The van der Waals surface area contributed by atoms with E-state index in [1.165, 1.54) is 13.3 Å². The number of aromatic nitrogens is 1. The van der Waals surface area contributed by atoms with Crippen LogP contribution in [0.5, 0.6) is 0 Å². The van der Waals surface area contributed by atoms with Crippen LogP contribution in [-0.4, -0.2) is 23.8 Å². The first-order valence-corrected chi connectivity index (χ1v) is 6.07. The number of carbonyl (C=O) groups is 2. The highest BCUT2D eigenvalue weighted by Crippen LogP contribution is 2.09. The van der Waals surface area contributed by atoms with Crippen molar-refractivity contribution in [3.05, 3.63) is 40.2 Å². The Morgan fingerprint density at radius 1 is 1.44 bits per heavy atom. The van der Waals surface area contributed by atoms with Gasteiger partial charge in [0.05, 0.1) is 12.8 Å². The molecule has 0 aliphatic carbocycles. The van der Waals surface area contributed by atoms with Crippen LogP contribution in [0.25, 0.3) is 0 Å². The molecule has 0 aliphatic heterocycles. The molecular weight excluding hydrogens is 254 g/mol. The molecule has 94 valence electrons. The third kappa shape index (κ3) is 2.75. The van der Waals surface area contributed by atoms with E-state index in [-0.39, 0.29) is 22.5 Å². The second-order valence-corrected chi connectivity index (χ2v) is 4.24. The van der Waals surface area contributed by atoms with Crippen LogP contribution in [0.4, 0.5) is 0 Å². The molecule has 0 unspecified atom stereocenters. The first-order valence-electron chi connectivity index (χ1n) is 5.19. The van der Waals surface area contributed by atoms with Crippen LogP contribution in [0.15, 0.2) is 28.2 Å². The lowest BCUT2D eigenvalue weighted by Crippen LogP contribution is -2.23. The minimum atomic E-state index is -0.335. The lowest BCUT2D eigenvalue weighted by molar-refractivity contribution is 0.0943. The van der Waals surface area contributed by atoms with E-state index < -0.39 is 0 Å². The molecular formula is C11H11N3O3S. The highest BCUT2D eigenvalue weighted by Gasteiger charge is 2.14. The van der Waals surface area contributed by atoms with E-state index in [1.807, 2.05) is 0 Å². The van der Waals surface area contributed by atoms with Crippen molar-refractivity contribution in [2.24, 2.45) is 0 Å². The summed E-state index contributed by atoms with van der Waals surface area (Å²) in [6.45, 7) is 0.290. The maximum Gasteiger partial charge on any atom is 0.280 e. The Hall–Kier alpha value is -2.15. The minimum Gasteiger partial charge on any atom is -0.467 e. The summed E-state index contributed by atoms with van der Waals surface area (Å²) in [5.74, 6) is 0.0213. The zero-order chi connectivity index (χ0) is 13.0. The summed E-state index contributed by atoms with van der Waals surface area (Å²) in [6, 6.07) is 3.51. The molecule has 2 aromatic heterocycles. The third-order valence-corrected chi connectivity index (χ3v) is 3.00. The number of carbonyl (C=O) groups excluding carboxylic acids is 2. The highest BCUT2D eigenvalue weighted by atomic mass is 32.1. The monoisotopic (exact) mass is 265 g/mol. The van der Waals surface area contributed by atoms with Crippen molar-refractivity contribution in [1.82, 2.24) is 15.6 Å². The van der Waals surface area contributed by atoms with Gasteiger partial charge in [0.15, 0.2) is 5.01 Å². The van der Waals surface area contributed by atoms with Gasteiger partial charge in [-0.2, -0.15) is 0 Å². The zero-order valence-electron chi connectivity index (χ0n) is 9.60. The second-order valence-electron chi connectivity index (χ2n) is 3.38. The van der Waals surface area contributed by atoms with E-state index in [0.29, 0.717) is 12.3 Å². The summed E-state index contributed by atoms with van der Waals surface area (Å²) >= 11 is 1.13. The smallest absolute Gasteiger partial charge is 0.280 e. The standard InChI is InChI=1S/C11H11N3O3S/c1-12-10(16)11-14-8(6-18-11)9(15)13-5-7-3-2-4-17-7/h2-4,6H,5H2,1H3,(H,12,16)(H,13,15). The molecule has 0 aromatic carbocycles. The maximum atomic E-state index is 11.7. The fourth-order valence-electron chi connectivity index (χ4n) is 1.26. The van der Waals surface area contributed by atoms with Gasteiger partial charge in [-0.1, -0.05) is 0 Å². The van der Waals surface area contributed by atoms with E-state index in [9.17, 15) is 9.59 Å². The summed E-state index contributed by atoms with van der Waals surface area (Å²) < 4.78 is 5.08. The van der Waals surface area contributed by atoms with Crippen LogP contribution in [0.2, 0.25) is 0 Å². The van der Waals surface area contributed by atoms with Crippen molar-refractivity contribution in [1.29, 1.82) is 0 Å². The molecule has 2 N–H and O–H groups in total. The molecule has 2 aromatic rings. The molecule has 0 fully saturated rings. The van der Waals surface area contributed by atoms with E-state index in [2.05, 4.69) is 15.6 Å². The molecule has 0 atom stereocenters. The van der Waals surface area contributed by atoms with Crippen molar-refractivity contribution < 1.29 is 14.0 Å². The van der Waals surface area contributed by atoms with E-state index >= 15 is 0 Å². The van der Waals surface area contributed by atoms with Crippen molar-refractivity contribution in [2.45, 2.75) is 6.54 Å². The molecule has 18 heavy (non-hydrogen) atoms. The third-order valence-electron chi connectivity index (χ3n) is 2.16. The Balaban J connectivity index is 1.96. The van der Waals surface area contributed by atoms with Crippen molar-refractivity contribution in [2.75, 3.05) is 7.05 Å². The molecule has 0 radical (unpaired) electrons. The fourth-order valence-corrected chi connectivity index (χ4v) is 2.00. The number of nitrogens with one attached hydrogen (secondary N) is 2. The minimum absolute atomic E-state index is 0.227. The Morgan fingerprint density at radius 2 is 2.28 bits per heavy atom. The molecule has 2 heterocycles. The molecule has 6 nitrogen and oxygen atoms in total. The fraction of sp³-hybridized carbons (Fsp3) is 0.182. The molecule has 2 rings (SSSR count). The van der Waals surface area contributed by atoms with Gasteiger partial charge in [0.25, 0.3) is 11.8 Å². The van der Waals surface area contributed by atoms with Gasteiger partial charge >= 0.3 is 0 Å². The Morgan fingerprint density at radius 3 is 2.94 bits per heavy atom. The van der Waals surface area contributed by atoms with Crippen LogP contribution in [0, 0.1) is 0 Å². The van der Waals surface area contributed by atoms with Gasteiger partial charge in [0.2, 0.25) is 0 Å². The summed E-state index contributed by atoms with van der Waals surface area (Å²) in [7, 11) is 1.51. The predicted octanol–water partition coefficient (Wildman–Crippen LogP) is 1.03. The Bertz CT molecular complexity index is 548. The molecule has 0 saturated heterocycles. The summed E-state index contributed by atoms with van der Waals surface area (Å²) in [5, 5.41) is 6.91. The largest absolute Gasteiger partial charge is 0.467 e.